The first-order valence-electron chi connectivity index (χ1n) is 3.66. The molecule has 0 unspecified atom stereocenters. The van der Waals surface area contributed by atoms with Crippen LogP contribution in [-0.4, -0.2) is 5.94 Å². The number of thioether (sulfide) groups is 1. The fraction of sp³-hybridized carbons (Fsp3) is 0.333. The van der Waals surface area contributed by atoms with Crippen LogP contribution in [0.2, 0.25) is 0 Å². The van der Waals surface area contributed by atoms with Gasteiger partial charge in [-0.1, -0.05) is 29.5 Å². The van der Waals surface area contributed by atoms with E-state index in [1.54, 1.807) is 11.8 Å². The predicted octanol–water partition coefficient (Wildman–Crippen LogP) is 2.57. The summed E-state index contributed by atoms with van der Waals surface area (Å²) in [6, 6.07) is 6.52. The molecule has 0 radical (unpaired) electrons. The van der Waals surface area contributed by atoms with Crippen LogP contribution in [0.1, 0.15) is 11.1 Å². The Kier molecular flexibility index (Phi) is 1.88. The molecule has 0 amide bonds. The first-order chi connectivity index (χ1) is 5.36. The van der Waals surface area contributed by atoms with E-state index in [4.69, 9.17) is 4.74 Å². The second kappa shape index (κ2) is 2.88. The minimum atomic E-state index is 0.782. The van der Waals surface area contributed by atoms with Crippen LogP contribution in [0.15, 0.2) is 23.1 Å². The Morgan fingerprint density at radius 2 is 2.36 bits per heavy atom. The van der Waals surface area contributed by atoms with Gasteiger partial charge in [0.1, 0.15) is 0 Å². The second-order valence-electron chi connectivity index (χ2n) is 2.72. The van der Waals surface area contributed by atoms with E-state index in [1.165, 1.54) is 16.0 Å². The van der Waals surface area contributed by atoms with Gasteiger partial charge in [0.05, 0.1) is 12.5 Å². The van der Waals surface area contributed by atoms with E-state index in [-0.39, 0.29) is 0 Å². The van der Waals surface area contributed by atoms with Crippen molar-refractivity contribution in [3.8, 4) is 0 Å². The molecule has 58 valence electrons. The van der Waals surface area contributed by atoms with Gasteiger partial charge in [0.15, 0.2) is 0 Å². The van der Waals surface area contributed by atoms with Gasteiger partial charge in [0.2, 0.25) is 0 Å². The van der Waals surface area contributed by atoms with E-state index >= 15 is 0 Å². The highest BCUT2D eigenvalue weighted by Gasteiger charge is 2.08. The van der Waals surface area contributed by atoms with E-state index in [0.29, 0.717) is 0 Å². The minimum absolute atomic E-state index is 0.782. The average Bonchev–Trinajstić information content (AvgIpc) is 2.04. The van der Waals surface area contributed by atoms with Crippen LogP contribution >= 0.6 is 11.8 Å². The van der Waals surface area contributed by atoms with Crippen molar-refractivity contribution >= 4 is 11.8 Å². The van der Waals surface area contributed by atoms with E-state index < -0.39 is 0 Å². The highest BCUT2D eigenvalue weighted by atomic mass is 32.2. The molecule has 0 bridgehead atoms. The lowest BCUT2D eigenvalue weighted by Gasteiger charge is -2.15. The maximum atomic E-state index is 5.31. The van der Waals surface area contributed by atoms with Crippen molar-refractivity contribution in [2.75, 3.05) is 5.94 Å². The van der Waals surface area contributed by atoms with Gasteiger partial charge >= 0.3 is 0 Å². The molecule has 0 fully saturated rings. The maximum absolute atomic E-state index is 5.31. The van der Waals surface area contributed by atoms with Gasteiger partial charge in [0, 0.05) is 4.90 Å². The largest absolute Gasteiger partial charge is 0.366 e. The van der Waals surface area contributed by atoms with Gasteiger partial charge in [-0.15, -0.1) is 0 Å². The van der Waals surface area contributed by atoms with Crippen molar-refractivity contribution in [3.63, 3.8) is 0 Å². The van der Waals surface area contributed by atoms with Crippen molar-refractivity contribution < 1.29 is 4.74 Å². The van der Waals surface area contributed by atoms with Crippen molar-refractivity contribution in [1.82, 2.24) is 0 Å². The van der Waals surface area contributed by atoms with Crippen LogP contribution in [0, 0.1) is 6.92 Å². The lowest BCUT2D eigenvalue weighted by Crippen LogP contribution is -2.01. The Bertz CT molecular complexity index is 270. The fourth-order valence-corrected chi connectivity index (χ4v) is 1.98. The summed E-state index contributed by atoms with van der Waals surface area (Å²) in [5.41, 5.74) is 2.65. The third kappa shape index (κ3) is 1.42. The smallest absolute Gasteiger partial charge is 0.0971 e. The van der Waals surface area contributed by atoms with Crippen LogP contribution in [-0.2, 0) is 11.3 Å². The Hall–Kier alpha value is -0.470. The molecule has 11 heavy (non-hydrogen) atoms. The molecule has 1 aromatic rings. The monoisotopic (exact) mass is 166 g/mol. The van der Waals surface area contributed by atoms with Crippen LogP contribution < -0.4 is 0 Å². The molecule has 1 aromatic carbocycles. The van der Waals surface area contributed by atoms with E-state index in [9.17, 15) is 0 Å². The summed E-state index contributed by atoms with van der Waals surface area (Å²) in [7, 11) is 0. The number of hydrogen-bond donors (Lipinski definition) is 0. The third-order valence-corrected chi connectivity index (χ3v) is 2.77. The molecule has 0 spiro atoms. The molecule has 1 aliphatic heterocycles. The molecule has 0 saturated heterocycles. The van der Waals surface area contributed by atoms with Crippen molar-refractivity contribution in [3.05, 3.63) is 29.3 Å². The summed E-state index contributed by atoms with van der Waals surface area (Å²) >= 11 is 1.78. The second-order valence-corrected chi connectivity index (χ2v) is 3.69. The molecule has 1 nitrogen and oxygen atoms in total. The Balaban J connectivity index is 2.43. The van der Waals surface area contributed by atoms with Gasteiger partial charge in [-0.2, -0.15) is 0 Å². The number of aryl methyl sites for hydroxylation is 1. The zero-order chi connectivity index (χ0) is 7.68. The van der Waals surface area contributed by atoms with Crippen LogP contribution in [0.3, 0.4) is 0 Å². The predicted molar refractivity (Wildman–Crippen MR) is 46.7 cm³/mol. The highest BCUT2D eigenvalue weighted by Crippen LogP contribution is 2.28. The number of rotatable bonds is 0. The van der Waals surface area contributed by atoms with Crippen molar-refractivity contribution in [2.24, 2.45) is 0 Å². The lowest BCUT2D eigenvalue weighted by molar-refractivity contribution is 0.162. The van der Waals surface area contributed by atoms with E-state index in [1.807, 2.05) is 0 Å². The molecular weight excluding hydrogens is 156 g/mol. The summed E-state index contributed by atoms with van der Waals surface area (Å²) in [6.07, 6.45) is 0. The molecular formula is C9H10OS. The SMILES string of the molecule is Cc1ccc2c(c1)COCS2. The van der Waals surface area contributed by atoms with Gasteiger partial charge < -0.3 is 4.74 Å². The third-order valence-electron chi connectivity index (χ3n) is 1.77. The first kappa shape index (κ1) is 7.19. The zero-order valence-electron chi connectivity index (χ0n) is 6.46. The van der Waals surface area contributed by atoms with Gasteiger partial charge in [0.25, 0.3) is 0 Å². The molecule has 1 aliphatic rings. The highest BCUT2D eigenvalue weighted by molar-refractivity contribution is 7.99. The maximum Gasteiger partial charge on any atom is 0.0971 e. The quantitative estimate of drug-likeness (QED) is 0.586. The lowest BCUT2D eigenvalue weighted by atomic mass is 10.1. The van der Waals surface area contributed by atoms with Crippen molar-refractivity contribution in [2.45, 2.75) is 18.4 Å². The van der Waals surface area contributed by atoms with Crippen molar-refractivity contribution in [1.29, 1.82) is 0 Å². The zero-order valence-corrected chi connectivity index (χ0v) is 7.28. The van der Waals surface area contributed by atoms with Crippen LogP contribution in [0.25, 0.3) is 0 Å². The Labute approximate surface area is 70.8 Å². The molecule has 1 heterocycles. The molecule has 2 rings (SSSR count). The summed E-state index contributed by atoms with van der Waals surface area (Å²) in [5.74, 6) is 0.802. The molecule has 0 aliphatic carbocycles. The molecule has 0 aromatic heterocycles. The first-order valence-corrected chi connectivity index (χ1v) is 4.65. The molecule has 0 saturated carbocycles. The molecule has 0 atom stereocenters. The summed E-state index contributed by atoms with van der Waals surface area (Å²) in [5, 5.41) is 0. The van der Waals surface area contributed by atoms with E-state index in [0.717, 1.165) is 12.5 Å². The number of benzene rings is 1. The minimum Gasteiger partial charge on any atom is -0.366 e. The fourth-order valence-electron chi connectivity index (χ4n) is 1.22. The molecule has 0 N–H and O–H groups in total. The summed E-state index contributed by atoms with van der Waals surface area (Å²) < 4.78 is 5.31. The van der Waals surface area contributed by atoms with Gasteiger partial charge in [-0.25, -0.2) is 0 Å². The average molecular weight is 166 g/mol. The topological polar surface area (TPSA) is 9.23 Å². The van der Waals surface area contributed by atoms with E-state index in [2.05, 4.69) is 25.1 Å². The standard InChI is InChI=1S/C9H10OS/c1-7-2-3-9-8(4-7)5-10-6-11-9/h2-4H,5-6H2,1H3. The number of ether oxygens (including phenoxy) is 1. The summed E-state index contributed by atoms with van der Waals surface area (Å²) in [4.78, 5) is 1.38. The normalized spacial score (nSPS) is 16.1. The Morgan fingerprint density at radius 3 is 3.27 bits per heavy atom. The number of hydrogen-bond acceptors (Lipinski definition) is 2. The van der Waals surface area contributed by atoms with Gasteiger partial charge in [-0.05, 0) is 18.6 Å². The number of fused-ring (bicyclic) bond motifs is 1. The molecule has 2 heteroatoms. The van der Waals surface area contributed by atoms with Crippen LogP contribution in [0.4, 0.5) is 0 Å². The Morgan fingerprint density at radius 1 is 1.45 bits per heavy atom. The van der Waals surface area contributed by atoms with Crippen LogP contribution in [0.5, 0.6) is 0 Å². The van der Waals surface area contributed by atoms with Gasteiger partial charge in [-0.3, -0.25) is 0 Å². The summed E-state index contributed by atoms with van der Waals surface area (Å²) in [6.45, 7) is 2.89.